The van der Waals surface area contributed by atoms with Gasteiger partial charge in [-0.25, -0.2) is 9.37 Å². The molecule has 0 saturated carbocycles. The monoisotopic (exact) mass is 399 g/mol. The van der Waals surface area contributed by atoms with Crippen molar-refractivity contribution in [3.8, 4) is 11.4 Å². The number of aromatic nitrogens is 3. The summed E-state index contributed by atoms with van der Waals surface area (Å²) in [7, 11) is 0. The summed E-state index contributed by atoms with van der Waals surface area (Å²) in [5, 5.41) is 0.889. The van der Waals surface area contributed by atoms with Gasteiger partial charge in [0.25, 0.3) is 0 Å². The molecule has 4 aromatic rings. The number of nitrogen functional groups attached to an aromatic ring is 1. The van der Waals surface area contributed by atoms with Gasteiger partial charge in [0.15, 0.2) is 0 Å². The molecule has 4 heterocycles. The fraction of sp³-hybridized carbons (Fsp3) is 0.208. The molecule has 0 spiro atoms. The van der Waals surface area contributed by atoms with E-state index >= 15 is 0 Å². The van der Waals surface area contributed by atoms with Crippen molar-refractivity contribution in [3.05, 3.63) is 71.9 Å². The summed E-state index contributed by atoms with van der Waals surface area (Å²) in [5.41, 5.74) is 12.6. The SMILES string of the molecule is Cc1c(-c2ccccn2)nc2cc(F)ccc2c1N1CC(C)(C)c2ncc(N)cc21. The summed E-state index contributed by atoms with van der Waals surface area (Å²) in [6, 6.07) is 12.4. The van der Waals surface area contributed by atoms with Crippen LogP contribution in [0.2, 0.25) is 0 Å². The molecule has 2 N–H and O–H groups in total. The standard InChI is InChI=1S/C24H22FN5/c1-14-21(18-6-4-5-9-27-18)29-19-10-15(25)7-8-17(19)22(14)30-13-24(2,3)23-20(30)11-16(26)12-28-23/h4-12H,13,26H2,1-3H3. The Bertz CT molecular complexity index is 1280. The second kappa shape index (κ2) is 6.49. The Balaban J connectivity index is 1.84. The maximum Gasteiger partial charge on any atom is 0.125 e. The molecule has 0 amide bonds. The topological polar surface area (TPSA) is 67.9 Å². The van der Waals surface area contributed by atoms with Crippen molar-refractivity contribution in [3.63, 3.8) is 0 Å². The Morgan fingerprint density at radius 2 is 1.93 bits per heavy atom. The van der Waals surface area contributed by atoms with Gasteiger partial charge in [-0.2, -0.15) is 0 Å². The molecule has 1 aromatic carbocycles. The van der Waals surface area contributed by atoms with Gasteiger partial charge >= 0.3 is 0 Å². The van der Waals surface area contributed by atoms with Crippen molar-refractivity contribution in [1.82, 2.24) is 15.0 Å². The van der Waals surface area contributed by atoms with Crippen LogP contribution in [-0.4, -0.2) is 21.5 Å². The Kier molecular flexibility index (Phi) is 4.00. The largest absolute Gasteiger partial charge is 0.397 e. The Morgan fingerprint density at radius 3 is 2.70 bits per heavy atom. The van der Waals surface area contributed by atoms with Crippen LogP contribution in [0, 0.1) is 12.7 Å². The van der Waals surface area contributed by atoms with E-state index in [2.05, 4.69) is 28.7 Å². The number of pyridine rings is 3. The zero-order valence-electron chi connectivity index (χ0n) is 17.1. The summed E-state index contributed by atoms with van der Waals surface area (Å²) in [6.07, 6.45) is 3.45. The normalized spacial score (nSPS) is 14.9. The molecule has 0 radical (unpaired) electrons. The molecule has 0 bridgehead atoms. The fourth-order valence-electron chi connectivity index (χ4n) is 4.37. The van der Waals surface area contributed by atoms with Crippen molar-refractivity contribution in [1.29, 1.82) is 0 Å². The molecule has 0 fully saturated rings. The highest BCUT2D eigenvalue weighted by Crippen LogP contribution is 2.47. The molecule has 0 atom stereocenters. The van der Waals surface area contributed by atoms with Gasteiger partial charge in [-0.1, -0.05) is 19.9 Å². The number of fused-ring (bicyclic) bond motifs is 2. The number of anilines is 3. The number of nitrogens with zero attached hydrogens (tertiary/aromatic N) is 4. The van der Waals surface area contributed by atoms with E-state index in [4.69, 9.17) is 10.7 Å². The lowest BCUT2D eigenvalue weighted by Gasteiger charge is -2.26. The molecular formula is C24H22FN5. The number of benzene rings is 1. The van der Waals surface area contributed by atoms with Crippen LogP contribution in [0.4, 0.5) is 21.5 Å². The van der Waals surface area contributed by atoms with Crippen molar-refractivity contribution in [2.45, 2.75) is 26.2 Å². The number of rotatable bonds is 2. The predicted octanol–water partition coefficient (Wildman–Crippen LogP) is 5.15. The third-order valence-electron chi connectivity index (χ3n) is 5.71. The minimum atomic E-state index is -0.315. The Morgan fingerprint density at radius 1 is 1.10 bits per heavy atom. The smallest absolute Gasteiger partial charge is 0.125 e. The van der Waals surface area contributed by atoms with Crippen LogP contribution in [0.1, 0.15) is 25.1 Å². The van der Waals surface area contributed by atoms with E-state index < -0.39 is 0 Å². The second-order valence-electron chi connectivity index (χ2n) is 8.42. The van der Waals surface area contributed by atoms with Gasteiger partial charge in [-0.3, -0.25) is 9.97 Å². The molecular weight excluding hydrogens is 377 g/mol. The molecule has 0 aliphatic carbocycles. The lowest BCUT2D eigenvalue weighted by atomic mass is 9.91. The van der Waals surface area contributed by atoms with Gasteiger partial charge in [0.1, 0.15) is 5.82 Å². The van der Waals surface area contributed by atoms with Gasteiger partial charge in [-0.15, -0.1) is 0 Å². The maximum atomic E-state index is 14.1. The minimum Gasteiger partial charge on any atom is -0.397 e. The first-order chi connectivity index (χ1) is 14.3. The van der Waals surface area contributed by atoms with Crippen molar-refractivity contribution in [2.24, 2.45) is 0 Å². The van der Waals surface area contributed by atoms with Gasteiger partial charge in [0.2, 0.25) is 0 Å². The summed E-state index contributed by atoms with van der Waals surface area (Å²) in [4.78, 5) is 16.1. The molecule has 6 heteroatoms. The molecule has 5 rings (SSSR count). The Hall–Kier alpha value is -3.54. The summed E-state index contributed by atoms with van der Waals surface area (Å²) < 4.78 is 14.1. The number of hydrogen-bond acceptors (Lipinski definition) is 5. The first-order valence-corrected chi connectivity index (χ1v) is 9.90. The molecule has 3 aromatic heterocycles. The summed E-state index contributed by atoms with van der Waals surface area (Å²) in [6.45, 7) is 7.12. The third-order valence-corrected chi connectivity index (χ3v) is 5.71. The highest BCUT2D eigenvalue weighted by Gasteiger charge is 2.39. The molecule has 1 aliphatic heterocycles. The average Bonchev–Trinajstić information content (AvgIpc) is 2.98. The molecule has 0 saturated heterocycles. The Labute approximate surface area is 174 Å². The van der Waals surface area contributed by atoms with Crippen molar-refractivity contribution >= 4 is 28.0 Å². The quantitative estimate of drug-likeness (QED) is 0.505. The van der Waals surface area contributed by atoms with E-state index in [1.54, 1.807) is 18.5 Å². The molecule has 1 aliphatic rings. The third kappa shape index (κ3) is 2.79. The van der Waals surface area contributed by atoms with Crippen LogP contribution in [-0.2, 0) is 5.41 Å². The first-order valence-electron chi connectivity index (χ1n) is 9.90. The van der Waals surface area contributed by atoms with Gasteiger partial charge < -0.3 is 10.6 Å². The van der Waals surface area contributed by atoms with Crippen LogP contribution < -0.4 is 10.6 Å². The first kappa shape index (κ1) is 18.5. The van der Waals surface area contributed by atoms with E-state index in [1.165, 1.54) is 12.1 Å². The average molecular weight is 399 g/mol. The van der Waals surface area contributed by atoms with Gasteiger partial charge in [0.05, 0.1) is 45.9 Å². The zero-order chi connectivity index (χ0) is 21.0. The van der Waals surface area contributed by atoms with E-state index in [1.807, 2.05) is 31.2 Å². The molecule has 5 nitrogen and oxygen atoms in total. The second-order valence-corrected chi connectivity index (χ2v) is 8.42. The number of nitrogens with two attached hydrogens (primary N) is 1. The zero-order valence-corrected chi connectivity index (χ0v) is 17.1. The van der Waals surface area contributed by atoms with Crippen molar-refractivity contribution in [2.75, 3.05) is 17.2 Å². The molecule has 30 heavy (non-hydrogen) atoms. The van der Waals surface area contributed by atoms with E-state index in [9.17, 15) is 4.39 Å². The maximum absolute atomic E-state index is 14.1. The highest BCUT2D eigenvalue weighted by atomic mass is 19.1. The predicted molar refractivity (Wildman–Crippen MR) is 118 cm³/mol. The lowest BCUT2D eigenvalue weighted by Crippen LogP contribution is -2.26. The van der Waals surface area contributed by atoms with E-state index in [-0.39, 0.29) is 11.2 Å². The lowest BCUT2D eigenvalue weighted by molar-refractivity contribution is 0.554. The highest BCUT2D eigenvalue weighted by molar-refractivity contribution is 5.99. The van der Waals surface area contributed by atoms with Gasteiger partial charge in [0, 0.05) is 35.2 Å². The number of hydrogen-bond donors (Lipinski definition) is 1. The van der Waals surface area contributed by atoms with Crippen LogP contribution in [0.25, 0.3) is 22.3 Å². The van der Waals surface area contributed by atoms with Crippen LogP contribution in [0.3, 0.4) is 0 Å². The minimum absolute atomic E-state index is 0.156. The van der Waals surface area contributed by atoms with E-state index in [0.717, 1.165) is 46.0 Å². The van der Waals surface area contributed by atoms with Gasteiger partial charge in [-0.05, 0) is 37.3 Å². The summed E-state index contributed by atoms with van der Waals surface area (Å²) >= 11 is 0. The molecule has 0 unspecified atom stereocenters. The van der Waals surface area contributed by atoms with Crippen molar-refractivity contribution < 1.29 is 4.39 Å². The number of halogens is 1. The van der Waals surface area contributed by atoms with Crippen LogP contribution in [0.5, 0.6) is 0 Å². The summed E-state index contributed by atoms with van der Waals surface area (Å²) in [5.74, 6) is -0.315. The van der Waals surface area contributed by atoms with Crippen LogP contribution >= 0.6 is 0 Å². The molecule has 150 valence electrons. The fourth-order valence-corrected chi connectivity index (χ4v) is 4.37. The van der Waals surface area contributed by atoms with E-state index in [0.29, 0.717) is 11.2 Å². The van der Waals surface area contributed by atoms with Crippen LogP contribution in [0.15, 0.2) is 54.9 Å².